The topological polar surface area (TPSA) is 41.9 Å². The number of nitrogens with zero attached hydrogens (tertiary/aromatic N) is 2. The summed E-state index contributed by atoms with van der Waals surface area (Å²) in [5, 5.41) is 0.896. The fraction of sp³-hybridized carbons (Fsp3) is 0.733. The molecule has 0 aliphatic carbocycles. The Kier molecular flexibility index (Phi) is 5.59. The third kappa shape index (κ3) is 3.47. The highest BCUT2D eigenvalue weighted by molar-refractivity contribution is 8.93. The molecule has 0 N–H and O–H groups in total. The molecule has 2 rings (SSSR count). The number of halogens is 1. The van der Waals surface area contributed by atoms with Gasteiger partial charge in [0.1, 0.15) is 6.04 Å². The van der Waals surface area contributed by atoms with Gasteiger partial charge in [0.25, 0.3) is 0 Å². The predicted molar refractivity (Wildman–Crippen MR) is 94.1 cm³/mol. The zero-order valence-electron chi connectivity index (χ0n) is 13.4. The number of esters is 1. The maximum Gasteiger partial charge on any atom is 0.331 e. The highest BCUT2D eigenvalue weighted by atomic mass is 79.9. The first kappa shape index (κ1) is 18.6. The molecule has 2 unspecified atom stereocenters. The van der Waals surface area contributed by atoms with Crippen LogP contribution in [0.15, 0.2) is 17.6 Å². The Morgan fingerprint density at radius 3 is 2.67 bits per heavy atom. The average molecular weight is 377 g/mol. The maximum absolute atomic E-state index is 12.3. The Balaban J connectivity index is 0.00000220. The number of carbonyl (C=O) groups excluding carboxylic acids is 1. The smallest absolute Gasteiger partial charge is 0.331 e. The Morgan fingerprint density at radius 1 is 1.52 bits per heavy atom. The van der Waals surface area contributed by atoms with Gasteiger partial charge >= 0.3 is 5.97 Å². The summed E-state index contributed by atoms with van der Waals surface area (Å²) in [4.78, 5) is 19.2. The van der Waals surface area contributed by atoms with Crippen molar-refractivity contribution in [1.29, 1.82) is 0 Å². The number of hydrogen-bond acceptors (Lipinski definition) is 5. The number of amidine groups is 1. The van der Waals surface area contributed by atoms with E-state index in [1.165, 1.54) is 0 Å². The van der Waals surface area contributed by atoms with Crippen LogP contribution in [0.3, 0.4) is 0 Å². The van der Waals surface area contributed by atoms with Crippen LogP contribution in [0.25, 0.3) is 0 Å². The molecule has 2 heterocycles. The third-order valence-corrected chi connectivity index (χ3v) is 4.63. The molecule has 2 aliphatic rings. The lowest BCUT2D eigenvalue weighted by atomic mass is 9.90. The summed E-state index contributed by atoms with van der Waals surface area (Å²) in [7, 11) is 0. The summed E-state index contributed by atoms with van der Waals surface area (Å²) in [6, 6.07) is -0.243. The highest BCUT2D eigenvalue weighted by Gasteiger charge is 2.57. The van der Waals surface area contributed by atoms with Crippen molar-refractivity contribution in [2.45, 2.75) is 58.3 Å². The molecule has 21 heavy (non-hydrogen) atoms. The lowest BCUT2D eigenvalue weighted by Gasteiger charge is -2.45. The van der Waals surface area contributed by atoms with Crippen LogP contribution in [0.1, 0.15) is 41.0 Å². The Labute approximate surface area is 142 Å². The van der Waals surface area contributed by atoms with E-state index in [1.54, 1.807) is 11.8 Å². The largest absolute Gasteiger partial charge is 0.437 e. The lowest BCUT2D eigenvalue weighted by molar-refractivity contribution is -0.152. The predicted octanol–water partition coefficient (Wildman–Crippen LogP) is 3.62. The second kappa shape index (κ2) is 6.32. The molecule has 0 aromatic carbocycles. The first-order valence-corrected chi connectivity index (χ1v) is 8.04. The summed E-state index contributed by atoms with van der Waals surface area (Å²) in [6.45, 7) is 14.0. The SMILES string of the molecule is Br.C=CCSC1=NC(C)(C)CC2(C)OC(=O)C(C(C)C)N12. The number of hydrogen-bond donors (Lipinski definition) is 0. The normalized spacial score (nSPS) is 30.4. The summed E-state index contributed by atoms with van der Waals surface area (Å²) in [5.41, 5.74) is -0.804. The van der Waals surface area contributed by atoms with Crippen LogP contribution >= 0.6 is 28.7 Å². The van der Waals surface area contributed by atoms with Crippen molar-refractivity contribution < 1.29 is 9.53 Å². The first-order valence-electron chi connectivity index (χ1n) is 7.06. The van der Waals surface area contributed by atoms with E-state index in [2.05, 4.69) is 25.3 Å². The number of thioether (sulfide) groups is 1. The fourth-order valence-electron chi connectivity index (χ4n) is 3.13. The second-order valence-corrected chi connectivity index (χ2v) is 7.63. The van der Waals surface area contributed by atoms with Gasteiger partial charge in [-0.3, -0.25) is 9.89 Å². The third-order valence-electron chi connectivity index (χ3n) is 3.68. The standard InChI is InChI=1S/C15H24N2O2S.BrH/c1-7-8-20-13-16-14(4,5)9-15(6)17(13)11(10(2)3)12(18)19-15;/h7,10-11H,1,8-9H2,2-6H3;1H. The summed E-state index contributed by atoms with van der Waals surface area (Å²) >= 11 is 1.62. The molecular formula is C15H25BrN2O2S. The minimum absolute atomic E-state index is 0. The van der Waals surface area contributed by atoms with Gasteiger partial charge in [-0.25, -0.2) is 4.79 Å². The number of aliphatic imine (C=N–C) groups is 1. The number of rotatable bonds is 3. The summed E-state index contributed by atoms with van der Waals surface area (Å²) < 4.78 is 5.74. The van der Waals surface area contributed by atoms with E-state index in [-0.39, 0.29) is 40.4 Å². The van der Waals surface area contributed by atoms with Crippen molar-refractivity contribution in [2.24, 2.45) is 10.9 Å². The van der Waals surface area contributed by atoms with E-state index in [1.807, 2.05) is 26.8 Å². The number of ether oxygens (including phenoxy) is 1. The minimum atomic E-state index is -0.583. The molecule has 120 valence electrons. The van der Waals surface area contributed by atoms with E-state index in [9.17, 15) is 4.79 Å². The first-order chi connectivity index (χ1) is 9.20. The van der Waals surface area contributed by atoms with Crippen LogP contribution in [0.4, 0.5) is 0 Å². The van der Waals surface area contributed by atoms with Gasteiger partial charge in [0.05, 0.1) is 5.54 Å². The highest BCUT2D eigenvalue weighted by Crippen LogP contribution is 2.44. The molecule has 0 aromatic heterocycles. The minimum Gasteiger partial charge on any atom is -0.437 e. The Hall–Kier alpha value is -0.490. The van der Waals surface area contributed by atoms with Crippen LogP contribution in [-0.2, 0) is 9.53 Å². The van der Waals surface area contributed by atoms with Crippen molar-refractivity contribution in [1.82, 2.24) is 4.90 Å². The summed E-state index contributed by atoms with van der Waals surface area (Å²) in [6.07, 6.45) is 2.57. The summed E-state index contributed by atoms with van der Waals surface area (Å²) in [5.74, 6) is 0.840. The van der Waals surface area contributed by atoms with E-state index < -0.39 is 5.72 Å². The van der Waals surface area contributed by atoms with Crippen molar-refractivity contribution in [3.05, 3.63) is 12.7 Å². The van der Waals surface area contributed by atoms with E-state index in [0.29, 0.717) is 6.42 Å². The van der Waals surface area contributed by atoms with Crippen LogP contribution in [-0.4, -0.2) is 39.1 Å². The molecule has 1 saturated heterocycles. The molecule has 0 radical (unpaired) electrons. The molecule has 0 spiro atoms. The number of carbonyl (C=O) groups is 1. The monoisotopic (exact) mass is 376 g/mol. The van der Waals surface area contributed by atoms with E-state index in [0.717, 1.165) is 10.9 Å². The van der Waals surface area contributed by atoms with Gasteiger partial charge in [-0.2, -0.15) is 0 Å². The van der Waals surface area contributed by atoms with Crippen molar-refractivity contribution in [3.8, 4) is 0 Å². The quantitative estimate of drug-likeness (QED) is 0.557. The lowest BCUT2D eigenvalue weighted by Crippen LogP contribution is -2.56. The molecule has 2 aliphatic heterocycles. The van der Waals surface area contributed by atoms with Crippen LogP contribution in [0.2, 0.25) is 0 Å². The van der Waals surface area contributed by atoms with Crippen LogP contribution in [0.5, 0.6) is 0 Å². The van der Waals surface area contributed by atoms with Crippen molar-refractivity contribution in [2.75, 3.05) is 5.75 Å². The van der Waals surface area contributed by atoms with Crippen molar-refractivity contribution >= 4 is 39.9 Å². The van der Waals surface area contributed by atoms with Gasteiger partial charge < -0.3 is 4.74 Å². The van der Waals surface area contributed by atoms with Gasteiger partial charge in [0.2, 0.25) is 0 Å². The second-order valence-electron chi connectivity index (χ2n) is 6.64. The van der Waals surface area contributed by atoms with E-state index in [4.69, 9.17) is 9.73 Å². The average Bonchev–Trinajstić information content (AvgIpc) is 2.54. The Morgan fingerprint density at radius 2 is 2.14 bits per heavy atom. The van der Waals surface area contributed by atoms with Gasteiger partial charge in [-0.1, -0.05) is 31.7 Å². The van der Waals surface area contributed by atoms with Crippen LogP contribution < -0.4 is 0 Å². The van der Waals surface area contributed by atoms with E-state index >= 15 is 0 Å². The fourth-order valence-corrected chi connectivity index (χ4v) is 4.15. The Bertz CT molecular complexity index is 465. The van der Waals surface area contributed by atoms with Crippen LogP contribution in [0, 0.1) is 5.92 Å². The number of fused-ring (bicyclic) bond motifs is 1. The van der Waals surface area contributed by atoms with Gasteiger partial charge in [0, 0.05) is 12.2 Å². The van der Waals surface area contributed by atoms with Crippen molar-refractivity contribution in [3.63, 3.8) is 0 Å². The molecule has 6 heteroatoms. The molecule has 0 aromatic rings. The maximum atomic E-state index is 12.3. The molecule has 2 atom stereocenters. The molecule has 4 nitrogen and oxygen atoms in total. The molecule has 0 saturated carbocycles. The molecule has 0 bridgehead atoms. The molecule has 0 amide bonds. The van der Waals surface area contributed by atoms with Gasteiger partial charge in [-0.15, -0.1) is 23.6 Å². The zero-order chi connectivity index (χ0) is 15.1. The zero-order valence-corrected chi connectivity index (χ0v) is 15.9. The van der Waals surface area contributed by atoms with Gasteiger partial charge in [0.15, 0.2) is 10.9 Å². The molecule has 1 fully saturated rings. The molecular weight excluding hydrogens is 352 g/mol. The van der Waals surface area contributed by atoms with Gasteiger partial charge in [-0.05, 0) is 26.7 Å².